The van der Waals surface area contributed by atoms with Crippen LogP contribution in [0.15, 0.2) is 27.6 Å². The zero-order chi connectivity index (χ0) is 12.8. The number of benzene rings is 1. The summed E-state index contributed by atoms with van der Waals surface area (Å²) in [5, 5.41) is 0.408. The lowest BCUT2D eigenvalue weighted by molar-refractivity contribution is 0.111. The van der Waals surface area contributed by atoms with Gasteiger partial charge in [0, 0.05) is 17.6 Å². The molecule has 0 amide bonds. The predicted octanol–water partition coefficient (Wildman–Crippen LogP) is 3.13. The zero-order valence-corrected chi connectivity index (χ0v) is 12.7. The van der Waals surface area contributed by atoms with Crippen molar-refractivity contribution in [2.45, 2.75) is 18.7 Å². The molecule has 94 valence electrons. The summed E-state index contributed by atoms with van der Waals surface area (Å²) in [6.45, 7) is 5.22. The monoisotopic (exact) mass is 337 g/mol. The van der Waals surface area contributed by atoms with Crippen LogP contribution in [-0.4, -0.2) is 25.8 Å². The summed E-state index contributed by atoms with van der Waals surface area (Å²) in [4.78, 5) is 0.251. The van der Waals surface area contributed by atoms with Crippen molar-refractivity contribution in [2.24, 2.45) is 5.41 Å². The van der Waals surface area contributed by atoms with Gasteiger partial charge < -0.3 is 0 Å². The summed E-state index contributed by atoms with van der Waals surface area (Å²) < 4.78 is 26.6. The van der Waals surface area contributed by atoms with Crippen molar-refractivity contribution in [2.75, 3.05) is 13.1 Å². The highest BCUT2D eigenvalue weighted by atomic mass is 79.9. The predicted molar refractivity (Wildman–Crippen MR) is 71.7 cm³/mol. The average Bonchev–Trinajstić information content (AvgIpc) is 2.18. The molecule has 0 atom stereocenters. The Kier molecular flexibility index (Phi) is 3.32. The number of sulfonamides is 1. The quantitative estimate of drug-likeness (QED) is 0.831. The minimum absolute atomic E-state index is 0.0756. The van der Waals surface area contributed by atoms with Gasteiger partial charge in [0.05, 0.1) is 9.92 Å². The summed E-state index contributed by atoms with van der Waals surface area (Å²) in [5.41, 5.74) is 0.0756. The Morgan fingerprint density at radius 2 is 1.94 bits per heavy atom. The van der Waals surface area contributed by atoms with E-state index >= 15 is 0 Å². The highest BCUT2D eigenvalue weighted by Crippen LogP contribution is 2.35. The van der Waals surface area contributed by atoms with E-state index in [9.17, 15) is 8.42 Å². The third-order valence-corrected chi connectivity index (χ3v) is 5.76. The van der Waals surface area contributed by atoms with E-state index in [1.54, 1.807) is 12.1 Å². The van der Waals surface area contributed by atoms with E-state index < -0.39 is 10.0 Å². The van der Waals surface area contributed by atoms with Crippen LogP contribution in [0.1, 0.15) is 13.8 Å². The fourth-order valence-electron chi connectivity index (χ4n) is 1.86. The van der Waals surface area contributed by atoms with E-state index in [1.807, 2.05) is 13.8 Å². The van der Waals surface area contributed by atoms with Gasteiger partial charge in [-0.1, -0.05) is 25.4 Å². The first-order chi connectivity index (χ1) is 7.72. The van der Waals surface area contributed by atoms with E-state index in [1.165, 1.54) is 10.4 Å². The molecular weight excluding hydrogens is 326 g/mol. The molecule has 0 unspecified atom stereocenters. The Bertz CT molecular complexity index is 549. The molecule has 0 saturated carbocycles. The fourth-order valence-corrected chi connectivity index (χ4v) is 4.20. The van der Waals surface area contributed by atoms with E-state index in [-0.39, 0.29) is 10.3 Å². The molecule has 1 saturated heterocycles. The fraction of sp³-hybridized carbons (Fsp3) is 0.455. The maximum absolute atomic E-state index is 12.2. The Balaban J connectivity index is 2.30. The Morgan fingerprint density at radius 3 is 2.41 bits per heavy atom. The minimum atomic E-state index is -3.38. The molecule has 0 spiro atoms. The van der Waals surface area contributed by atoms with Crippen LogP contribution in [0.4, 0.5) is 0 Å². The first kappa shape index (κ1) is 13.3. The van der Waals surface area contributed by atoms with Gasteiger partial charge in [-0.3, -0.25) is 0 Å². The molecule has 3 nitrogen and oxygen atoms in total. The molecule has 1 heterocycles. The molecule has 0 bridgehead atoms. The molecule has 0 aromatic heterocycles. The van der Waals surface area contributed by atoms with E-state index in [0.29, 0.717) is 22.6 Å². The van der Waals surface area contributed by atoms with Gasteiger partial charge in [-0.25, -0.2) is 8.42 Å². The SMILES string of the molecule is CC1(C)CN(S(=O)(=O)c2ccc(Br)c(Cl)c2)C1. The van der Waals surface area contributed by atoms with Crippen LogP contribution in [-0.2, 0) is 10.0 Å². The molecule has 1 aromatic rings. The summed E-state index contributed by atoms with van der Waals surface area (Å²) >= 11 is 9.15. The third-order valence-electron chi connectivity index (χ3n) is 2.74. The van der Waals surface area contributed by atoms with Crippen molar-refractivity contribution >= 4 is 37.6 Å². The summed E-state index contributed by atoms with van der Waals surface area (Å²) in [5.74, 6) is 0. The molecule has 6 heteroatoms. The van der Waals surface area contributed by atoms with Crippen molar-refractivity contribution < 1.29 is 8.42 Å². The number of nitrogens with zero attached hydrogens (tertiary/aromatic N) is 1. The molecular formula is C11H13BrClNO2S. The van der Waals surface area contributed by atoms with Gasteiger partial charge in [-0.15, -0.1) is 0 Å². The normalized spacial score (nSPS) is 20.0. The van der Waals surface area contributed by atoms with Gasteiger partial charge in [0.2, 0.25) is 10.0 Å². The van der Waals surface area contributed by atoms with Gasteiger partial charge in [0.15, 0.2) is 0 Å². The van der Waals surface area contributed by atoms with Crippen LogP contribution in [0.5, 0.6) is 0 Å². The Hall–Kier alpha value is -0.100. The summed E-state index contributed by atoms with van der Waals surface area (Å²) in [6, 6.07) is 4.70. The zero-order valence-electron chi connectivity index (χ0n) is 9.57. The first-order valence-electron chi connectivity index (χ1n) is 5.18. The Morgan fingerprint density at radius 1 is 1.35 bits per heavy atom. The van der Waals surface area contributed by atoms with Crippen LogP contribution in [0, 0.1) is 5.41 Å². The molecule has 2 rings (SSSR count). The van der Waals surface area contributed by atoms with Gasteiger partial charge in [0.1, 0.15) is 0 Å². The topological polar surface area (TPSA) is 37.4 Å². The van der Waals surface area contributed by atoms with Gasteiger partial charge in [-0.2, -0.15) is 4.31 Å². The highest BCUT2D eigenvalue weighted by molar-refractivity contribution is 9.10. The largest absolute Gasteiger partial charge is 0.243 e. The van der Waals surface area contributed by atoms with Crippen molar-refractivity contribution in [3.05, 3.63) is 27.7 Å². The smallest absolute Gasteiger partial charge is 0.207 e. The van der Waals surface area contributed by atoms with Crippen LogP contribution in [0.25, 0.3) is 0 Å². The molecule has 1 aliphatic heterocycles. The molecule has 17 heavy (non-hydrogen) atoms. The maximum Gasteiger partial charge on any atom is 0.243 e. The van der Waals surface area contributed by atoms with Crippen LogP contribution >= 0.6 is 27.5 Å². The highest BCUT2D eigenvalue weighted by Gasteiger charge is 2.41. The number of halogens is 2. The summed E-state index contributed by atoms with van der Waals surface area (Å²) in [6.07, 6.45) is 0. The minimum Gasteiger partial charge on any atom is -0.207 e. The maximum atomic E-state index is 12.2. The van der Waals surface area contributed by atoms with E-state index in [2.05, 4.69) is 15.9 Å². The lowest BCUT2D eigenvalue weighted by atomic mass is 9.87. The van der Waals surface area contributed by atoms with Crippen LogP contribution < -0.4 is 0 Å². The average molecular weight is 339 g/mol. The second-order valence-electron chi connectivity index (χ2n) is 5.01. The summed E-state index contributed by atoms with van der Waals surface area (Å²) in [7, 11) is -3.38. The molecule has 1 aromatic carbocycles. The second-order valence-corrected chi connectivity index (χ2v) is 8.21. The molecule has 1 aliphatic rings. The van der Waals surface area contributed by atoms with Crippen molar-refractivity contribution in [3.8, 4) is 0 Å². The molecule has 0 radical (unpaired) electrons. The van der Waals surface area contributed by atoms with Gasteiger partial charge in [0.25, 0.3) is 0 Å². The van der Waals surface area contributed by atoms with Crippen molar-refractivity contribution in [1.29, 1.82) is 0 Å². The van der Waals surface area contributed by atoms with Crippen molar-refractivity contribution in [1.82, 2.24) is 4.31 Å². The molecule has 0 N–H and O–H groups in total. The number of hydrogen-bond donors (Lipinski definition) is 0. The lowest BCUT2D eigenvalue weighted by Gasteiger charge is -2.44. The number of rotatable bonds is 2. The van der Waals surface area contributed by atoms with E-state index in [4.69, 9.17) is 11.6 Å². The standard InChI is InChI=1S/C11H13BrClNO2S/c1-11(2)6-14(7-11)17(15,16)8-3-4-9(12)10(13)5-8/h3-5H,6-7H2,1-2H3. The molecule has 1 fully saturated rings. The lowest BCUT2D eigenvalue weighted by Crippen LogP contribution is -2.55. The van der Waals surface area contributed by atoms with Gasteiger partial charge >= 0.3 is 0 Å². The second kappa shape index (κ2) is 4.23. The molecule has 0 aliphatic carbocycles. The van der Waals surface area contributed by atoms with Crippen molar-refractivity contribution in [3.63, 3.8) is 0 Å². The number of hydrogen-bond acceptors (Lipinski definition) is 2. The van der Waals surface area contributed by atoms with Crippen LogP contribution in [0.3, 0.4) is 0 Å². The first-order valence-corrected chi connectivity index (χ1v) is 7.79. The third kappa shape index (κ3) is 2.52. The Labute approximate surface area is 115 Å². The van der Waals surface area contributed by atoms with Crippen LogP contribution in [0.2, 0.25) is 5.02 Å². The van der Waals surface area contributed by atoms with E-state index in [0.717, 1.165) is 0 Å². The van der Waals surface area contributed by atoms with Gasteiger partial charge in [-0.05, 0) is 39.5 Å².